The van der Waals surface area contributed by atoms with E-state index in [1.807, 2.05) is 25.1 Å². The topological polar surface area (TPSA) is 39.4 Å². The lowest BCUT2D eigenvalue weighted by atomic mass is 9.94. The Kier molecular flexibility index (Phi) is 2.97. The van der Waals surface area contributed by atoms with Crippen LogP contribution in [0.15, 0.2) is 47.5 Å². The van der Waals surface area contributed by atoms with Crippen LogP contribution in [0, 0.1) is 24.2 Å². The number of benzene rings is 2. The van der Waals surface area contributed by atoms with Crippen LogP contribution in [0.3, 0.4) is 0 Å². The lowest BCUT2D eigenvalue weighted by Gasteiger charge is -2.25. The van der Waals surface area contributed by atoms with Gasteiger partial charge in [0.25, 0.3) is 0 Å². The Morgan fingerprint density at radius 1 is 1.23 bits per heavy atom. The minimum atomic E-state index is 0.519. The molecule has 2 aromatic rings. The highest BCUT2D eigenvalue weighted by Gasteiger charge is 2.33. The molecule has 1 unspecified atom stereocenters. The van der Waals surface area contributed by atoms with Gasteiger partial charge in [0.15, 0.2) is 0 Å². The van der Waals surface area contributed by atoms with Crippen LogP contribution in [0.2, 0.25) is 0 Å². The number of para-hydroxylation sites is 1. The third-order valence-electron chi connectivity index (χ3n) is 4.68. The predicted octanol–water partition coefficient (Wildman–Crippen LogP) is 3.98. The van der Waals surface area contributed by atoms with E-state index in [0.29, 0.717) is 5.92 Å². The van der Waals surface area contributed by atoms with E-state index < -0.39 is 0 Å². The number of hydrogen-bond acceptors (Lipinski definition) is 3. The van der Waals surface area contributed by atoms with E-state index in [4.69, 9.17) is 10.3 Å². The van der Waals surface area contributed by atoms with Gasteiger partial charge in [0.2, 0.25) is 0 Å². The molecule has 1 atom stereocenters. The number of nitriles is 1. The third-order valence-corrected chi connectivity index (χ3v) is 4.68. The summed E-state index contributed by atoms with van der Waals surface area (Å²) in [5.41, 5.74) is 5.38. The molecule has 1 saturated heterocycles. The Bertz CT molecular complexity index is 814. The van der Waals surface area contributed by atoms with E-state index in [9.17, 15) is 0 Å². The van der Waals surface area contributed by atoms with Crippen LogP contribution in [0.5, 0.6) is 0 Å². The summed E-state index contributed by atoms with van der Waals surface area (Å²) in [4.78, 5) is 7.23. The summed E-state index contributed by atoms with van der Waals surface area (Å²) >= 11 is 0. The van der Waals surface area contributed by atoms with E-state index in [2.05, 4.69) is 35.2 Å². The maximum Gasteiger partial charge on any atom is 0.113 e. The molecule has 2 aliphatic heterocycles. The maximum absolute atomic E-state index is 9.08. The quantitative estimate of drug-likeness (QED) is 0.796. The number of hydrogen-bond donors (Lipinski definition) is 0. The number of aryl methyl sites for hydroxylation is 1. The SMILES string of the molecule is Cc1cc(N2CCC3Cc4ccccc4N=C32)ccc1C#N. The lowest BCUT2D eigenvalue weighted by Crippen LogP contribution is -2.29. The van der Waals surface area contributed by atoms with Gasteiger partial charge in [0, 0.05) is 18.2 Å². The molecule has 0 saturated carbocycles. The molecular weight excluding hydrogens is 270 g/mol. The number of fused-ring (bicyclic) bond motifs is 2. The molecule has 4 rings (SSSR count). The van der Waals surface area contributed by atoms with Gasteiger partial charge in [-0.1, -0.05) is 18.2 Å². The van der Waals surface area contributed by atoms with Crippen LogP contribution in [0.25, 0.3) is 0 Å². The highest BCUT2D eigenvalue weighted by molar-refractivity contribution is 6.04. The Morgan fingerprint density at radius 2 is 2.09 bits per heavy atom. The minimum Gasteiger partial charge on any atom is -0.330 e. The van der Waals surface area contributed by atoms with Gasteiger partial charge >= 0.3 is 0 Å². The van der Waals surface area contributed by atoms with Crippen molar-refractivity contribution in [1.82, 2.24) is 0 Å². The Labute approximate surface area is 130 Å². The molecular formula is C19H17N3. The molecule has 0 aliphatic carbocycles. The van der Waals surface area contributed by atoms with Crippen molar-refractivity contribution in [2.75, 3.05) is 11.4 Å². The van der Waals surface area contributed by atoms with Gasteiger partial charge < -0.3 is 4.90 Å². The Morgan fingerprint density at radius 3 is 2.91 bits per heavy atom. The summed E-state index contributed by atoms with van der Waals surface area (Å²) < 4.78 is 0. The summed E-state index contributed by atoms with van der Waals surface area (Å²) in [5, 5.41) is 9.08. The summed E-state index contributed by atoms with van der Waals surface area (Å²) in [7, 11) is 0. The lowest BCUT2D eigenvalue weighted by molar-refractivity contribution is 0.678. The van der Waals surface area contributed by atoms with Crippen molar-refractivity contribution >= 4 is 17.2 Å². The molecule has 2 aliphatic rings. The van der Waals surface area contributed by atoms with E-state index in [-0.39, 0.29) is 0 Å². The van der Waals surface area contributed by atoms with E-state index in [0.717, 1.165) is 41.9 Å². The Hall–Kier alpha value is -2.60. The van der Waals surface area contributed by atoms with Gasteiger partial charge in [0.1, 0.15) is 5.84 Å². The second-order valence-electron chi connectivity index (χ2n) is 6.05. The molecule has 22 heavy (non-hydrogen) atoms. The van der Waals surface area contributed by atoms with Crippen molar-refractivity contribution < 1.29 is 0 Å². The molecule has 3 nitrogen and oxygen atoms in total. The standard InChI is InChI=1S/C19H17N3/c1-13-10-17(7-6-16(13)12-20)22-9-8-15-11-14-4-2-3-5-18(14)21-19(15)22/h2-7,10,15H,8-9,11H2,1H3. The average molecular weight is 287 g/mol. The smallest absolute Gasteiger partial charge is 0.113 e. The second-order valence-corrected chi connectivity index (χ2v) is 6.05. The molecule has 0 bridgehead atoms. The third kappa shape index (κ3) is 2.00. The fraction of sp³-hybridized carbons (Fsp3) is 0.263. The molecule has 0 N–H and O–H groups in total. The number of amidine groups is 1. The highest BCUT2D eigenvalue weighted by Crippen LogP contribution is 2.36. The minimum absolute atomic E-state index is 0.519. The van der Waals surface area contributed by atoms with Gasteiger partial charge in [-0.15, -0.1) is 0 Å². The first-order chi connectivity index (χ1) is 10.8. The maximum atomic E-state index is 9.08. The Balaban J connectivity index is 1.74. The first kappa shape index (κ1) is 13.1. The van der Waals surface area contributed by atoms with E-state index in [1.165, 1.54) is 11.4 Å². The van der Waals surface area contributed by atoms with Gasteiger partial charge in [-0.25, -0.2) is 4.99 Å². The molecule has 108 valence electrons. The van der Waals surface area contributed by atoms with Crippen LogP contribution in [0.1, 0.15) is 23.1 Å². The molecule has 2 aromatic carbocycles. The van der Waals surface area contributed by atoms with Crippen LogP contribution in [-0.2, 0) is 6.42 Å². The number of aliphatic imine (C=N–C) groups is 1. The average Bonchev–Trinajstić information content (AvgIpc) is 2.95. The molecule has 0 radical (unpaired) electrons. The summed E-state index contributed by atoms with van der Waals surface area (Å²) in [6.07, 6.45) is 2.23. The van der Waals surface area contributed by atoms with Crippen molar-refractivity contribution in [2.45, 2.75) is 19.8 Å². The predicted molar refractivity (Wildman–Crippen MR) is 88.6 cm³/mol. The molecule has 0 spiro atoms. The van der Waals surface area contributed by atoms with Crippen LogP contribution in [0.4, 0.5) is 11.4 Å². The van der Waals surface area contributed by atoms with Crippen molar-refractivity contribution in [1.29, 1.82) is 5.26 Å². The van der Waals surface area contributed by atoms with Crippen LogP contribution >= 0.6 is 0 Å². The zero-order valence-electron chi connectivity index (χ0n) is 12.6. The molecule has 2 heterocycles. The van der Waals surface area contributed by atoms with E-state index in [1.54, 1.807) is 0 Å². The van der Waals surface area contributed by atoms with Crippen molar-refractivity contribution in [3.63, 3.8) is 0 Å². The normalized spacial score (nSPS) is 19.2. The summed E-state index contributed by atoms with van der Waals surface area (Å²) in [6.45, 7) is 3.00. The zero-order valence-corrected chi connectivity index (χ0v) is 12.6. The highest BCUT2D eigenvalue weighted by atomic mass is 15.2. The summed E-state index contributed by atoms with van der Waals surface area (Å²) in [6, 6.07) is 16.7. The molecule has 0 amide bonds. The largest absolute Gasteiger partial charge is 0.330 e. The number of rotatable bonds is 1. The number of anilines is 1. The van der Waals surface area contributed by atoms with Crippen molar-refractivity contribution in [3.8, 4) is 6.07 Å². The molecule has 3 heteroatoms. The second kappa shape index (κ2) is 4.99. The van der Waals surface area contributed by atoms with Crippen LogP contribution in [-0.4, -0.2) is 12.4 Å². The first-order valence-electron chi connectivity index (χ1n) is 7.71. The van der Waals surface area contributed by atoms with Crippen molar-refractivity contribution in [2.24, 2.45) is 10.9 Å². The van der Waals surface area contributed by atoms with Crippen molar-refractivity contribution in [3.05, 3.63) is 59.2 Å². The van der Waals surface area contributed by atoms with Gasteiger partial charge in [-0.05, 0) is 55.2 Å². The van der Waals surface area contributed by atoms with Crippen LogP contribution < -0.4 is 4.90 Å². The first-order valence-corrected chi connectivity index (χ1v) is 7.71. The summed E-state index contributed by atoms with van der Waals surface area (Å²) in [5.74, 6) is 1.70. The fourth-order valence-corrected chi connectivity index (χ4v) is 3.48. The number of nitrogens with zero attached hydrogens (tertiary/aromatic N) is 3. The van der Waals surface area contributed by atoms with Gasteiger partial charge in [-0.3, -0.25) is 0 Å². The fourth-order valence-electron chi connectivity index (χ4n) is 3.48. The van der Waals surface area contributed by atoms with Gasteiger partial charge in [-0.2, -0.15) is 5.26 Å². The molecule has 0 aromatic heterocycles. The molecule has 1 fully saturated rings. The van der Waals surface area contributed by atoms with Gasteiger partial charge in [0.05, 0.1) is 17.3 Å². The monoisotopic (exact) mass is 287 g/mol. The zero-order chi connectivity index (χ0) is 15.1. The van der Waals surface area contributed by atoms with E-state index >= 15 is 0 Å².